The number of benzene rings is 2. The molecule has 2 aliphatic rings. The minimum absolute atomic E-state index is 0.0557. The van der Waals surface area contributed by atoms with Gasteiger partial charge < -0.3 is 20.1 Å². The standard InChI is InChI=1S/C35H43N5O5S/c41-33(27-9-5-19-36-21-27)23-37-22-31-15-11-26-20-28(12-18-34(26)45-31)39-46(43,44)32-16-13-30(14-17-32)40-24-29(38-35(40)42)10-4-3-8-25-6-1-2-7-25/h5,9,12-14,16-21,24-25,31,33,37,39,41H,1-4,6-8,10-11,15,22-23H2,(H,38,42). The van der Waals surface area contributed by atoms with Crippen molar-refractivity contribution in [2.24, 2.45) is 5.92 Å². The Hall–Kier alpha value is -3.93. The van der Waals surface area contributed by atoms with Crippen LogP contribution in [0.2, 0.25) is 0 Å². The van der Waals surface area contributed by atoms with Crippen LogP contribution in [-0.4, -0.2) is 47.3 Å². The van der Waals surface area contributed by atoms with Gasteiger partial charge >= 0.3 is 5.69 Å². The van der Waals surface area contributed by atoms with Gasteiger partial charge in [-0.1, -0.05) is 44.6 Å². The number of fused-ring (bicyclic) bond motifs is 1. The number of nitrogens with one attached hydrogen (secondary N) is 3. The molecule has 1 fully saturated rings. The van der Waals surface area contributed by atoms with Gasteiger partial charge in [-0.2, -0.15) is 0 Å². The van der Waals surface area contributed by atoms with Crippen LogP contribution in [0.5, 0.6) is 5.75 Å². The summed E-state index contributed by atoms with van der Waals surface area (Å²) in [6.07, 6.45) is 15.7. The maximum absolute atomic E-state index is 13.2. The van der Waals surface area contributed by atoms with Gasteiger partial charge in [0.2, 0.25) is 0 Å². The van der Waals surface area contributed by atoms with Crippen molar-refractivity contribution < 1.29 is 18.3 Å². The maximum atomic E-state index is 13.2. The molecular weight excluding hydrogens is 602 g/mol. The molecule has 2 aromatic carbocycles. The van der Waals surface area contributed by atoms with Gasteiger partial charge in [-0.15, -0.1) is 0 Å². The van der Waals surface area contributed by atoms with E-state index in [1.807, 2.05) is 18.3 Å². The van der Waals surface area contributed by atoms with Gasteiger partial charge in [-0.3, -0.25) is 14.3 Å². The Balaban J connectivity index is 1.00. The molecule has 1 aliphatic carbocycles. The molecule has 2 unspecified atom stereocenters. The summed E-state index contributed by atoms with van der Waals surface area (Å²) >= 11 is 0. The molecule has 46 heavy (non-hydrogen) atoms. The first-order valence-corrected chi connectivity index (χ1v) is 17.8. The third kappa shape index (κ3) is 8.07. The van der Waals surface area contributed by atoms with E-state index in [-0.39, 0.29) is 16.7 Å². The van der Waals surface area contributed by atoms with Crippen LogP contribution in [-0.2, 0) is 22.9 Å². The zero-order valence-electron chi connectivity index (χ0n) is 26.0. The molecule has 0 saturated heterocycles. The fourth-order valence-corrected chi connectivity index (χ4v) is 7.58. The third-order valence-electron chi connectivity index (χ3n) is 9.10. The zero-order chi connectivity index (χ0) is 31.9. The molecule has 1 aliphatic heterocycles. The van der Waals surface area contributed by atoms with Crippen LogP contribution in [0.4, 0.5) is 5.69 Å². The first kappa shape index (κ1) is 32.0. The van der Waals surface area contributed by atoms with Gasteiger partial charge in [-0.25, -0.2) is 13.2 Å². The Morgan fingerprint density at radius 1 is 1.07 bits per heavy atom. The van der Waals surface area contributed by atoms with E-state index in [1.165, 1.54) is 55.2 Å². The summed E-state index contributed by atoms with van der Waals surface area (Å²) in [5, 5.41) is 13.6. The predicted molar refractivity (Wildman–Crippen MR) is 178 cm³/mol. The first-order chi connectivity index (χ1) is 22.3. The van der Waals surface area contributed by atoms with E-state index in [4.69, 9.17) is 4.74 Å². The van der Waals surface area contributed by atoms with Crippen molar-refractivity contribution in [1.82, 2.24) is 19.9 Å². The van der Waals surface area contributed by atoms with Crippen LogP contribution in [0.25, 0.3) is 5.69 Å². The number of nitrogens with zero attached hydrogens (tertiary/aromatic N) is 2. The molecule has 244 valence electrons. The summed E-state index contributed by atoms with van der Waals surface area (Å²) in [5.41, 5.74) is 3.44. The minimum atomic E-state index is -3.84. The highest BCUT2D eigenvalue weighted by molar-refractivity contribution is 7.92. The molecular formula is C35H43N5O5S. The Kier molecular flexibility index (Phi) is 10.2. The number of aryl methyl sites for hydroxylation is 2. The number of aromatic nitrogens is 3. The van der Waals surface area contributed by atoms with Gasteiger partial charge in [0.1, 0.15) is 11.9 Å². The van der Waals surface area contributed by atoms with Gasteiger partial charge in [-0.05, 0) is 85.7 Å². The number of imidazole rings is 1. The molecule has 2 aromatic heterocycles. The number of anilines is 1. The van der Waals surface area contributed by atoms with E-state index in [2.05, 4.69) is 20.0 Å². The smallest absolute Gasteiger partial charge is 0.330 e. The average molecular weight is 646 g/mol. The van der Waals surface area contributed by atoms with Gasteiger partial charge in [0.25, 0.3) is 10.0 Å². The fraction of sp³-hybridized carbons (Fsp3) is 0.429. The molecule has 4 aromatic rings. The number of unbranched alkanes of at least 4 members (excludes halogenated alkanes) is 1. The summed E-state index contributed by atoms with van der Waals surface area (Å²) in [5.74, 6) is 1.60. The molecule has 6 rings (SSSR count). The molecule has 0 radical (unpaired) electrons. The highest BCUT2D eigenvalue weighted by Crippen LogP contribution is 2.31. The molecule has 0 bridgehead atoms. The van der Waals surface area contributed by atoms with Crippen molar-refractivity contribution in [2.75, 3.05) is 17.8 Å². The second-order valence-corrected chi connectivity index (χ2v) is 14.2. The summed E-state index contributed by atoms with van der Waals surface area (Å²) in [7, 11) is -3.84. The van der Waals surface area contributed by atoms with E-state index < -0.39 is 16.1 Å². The van der Waals surface area contributed by atoms with Crippen molar-refractivity contribution in [1.29, 1.82) is 0 Å². The Bertz CT molecular complexity index is 1750. The van der Waals surface area contributed by atoms with Crippen LogP contribution in [0.1, 0.15) is 74.3 Å². The second-order valence-electron chi connectivity index (χ2n) is 12.5. The number of aromatic amines is 1. The number of hydrogen-bond donors (Lipinski definition) is 4. The van der Waals surface area contributed by atoms with Crippen molar-refractivity contribution in [3.05, 3.63) is 100 Å². The topological polar surface area (TPSA) is 138 Å². The Labute approximate surface area is 270 Å². The van der Waals surface area contributed by atoms with Gasteiger partial charge in [0, 0.05) is 48.6 Å². The lowest BCUT2D eigenvalue weighted by atomic mass is 10.00. The number of rotatable bonds is 14. The van der Waals surface area contributed by atoms with Crippen molar-refractivity contribution in [3.63, 3.8) is 0 Å². The number of aliphatic hydroxyl groups excluding tert-OH is 1. The number of ether oxygens (including phenoxy) is 1. The fourth-order valence-electron chi connectivity index (χ4n) is 6.53. The van der Waals surface area contributed by atoms with Gasteiger partial charge in [0.15, 0.2) is 0 Å². The number of sulfonamides is 1. The summed E-state index contributed by atoms with van der Waals surface area (Å²) in [6.45, 7) is 0.973. The zero-order valence-corrected chi connectivity index (χ0v) is 26.8. The van der Waals surface area contributed by atoms with E-state index in [1.54, 1.807) is 42.7 Å². The largest absolute Gasteiger partial charge is 0.489 e. The van der Waals surface area contributed by atoms with Crippen LogP contribution in [0.15, 0.2) is 82.9 Å². The molecule has 11 heteroatoms. The number of pyridine rings is 1. The maximum Gasteiger partial charge on any atom is 0.330 e. The molecule has 4 N–H and O–H groups in total. The molecule has 1 saturated carbocycles. The average Bonchev–Trinajstić information content (AvgIpc) is 3.73. The Morgan fingerprint density at radius 3 is 2.67 bits per heavy atom. The van der Waals surface area contributed by atoms with Crippen LogP contribution in [0, 0.1) is 5.92 Å². The Morgan fingerprint density at radius 2 is 1.89 bits per heavy atom. The molecule has 3 heterocycles. The van der Waals surface area contributed by atoms with E-state index in [0.717, 1.165) is 54.2 Å². The lowest BCUT2D eigenvalue weighted by molar-refractivity contribution is 0.146. The lowest BCUT2D eigenvalue weighted by Gasteiger charge is -2.27. The van der Waals surface area contributed by atoms with Crippen molar-refractivity contribution in [3.8, 4) is 11.4 Å². The van der Waals surface area contributed by atoms with Crippen molar-refractivity contribution in [2.45, 2.75) is 81.3 Å². The molecule has 2 atom stereocenters. The van der Waals surface area contributed by atoms with Crippen molar-refractivity contribution >= 4 is 15.7 Å². The highest BCUT2D eigenvalue weighted by Gasteiger charge is 2.22. The summed E-state index contributed by atoms with van der Waals surface area (Å²) < 4.78 is 36.8. The van der Waals surface area contributed by atoms with Gasteiger partial charge in [0.05, 0.1) is 16.7 Å². The number of H-pyrrole nitrogens is 1. The number of hydrogen-bond acceptors (Lipinski definition) is 7. The molecule has 0 spiro atoms. The normalized spacial score (nSPS) is 17.4. The molecule has 0 amide bonds. The first-order valence-electron chi connectivity index (χ1n) is 16.4. The monoisotopic (exact) mass is 645 g/mol. The van der Waals surface area contributed by atoms with E-state index >= 15 is 0 Å². The summed E-state index contributed by atoms with van der Waals surface area (Å²) in [6, 6.07) is 15.3. The third-order valence-corrected chi connectivity index (χ3v) is 10.5. The lowest BCUT2D eigenvalue weighted by Crippen LogP contribution is -2.36. The molecule has 10 nitrogen and oxygen atoms in total. The van der Waals surface area contributed by atoms with E-state index in [0.29, 0.717) is 24.5 Å². The van der Waals surface area contributed by atoms with Crippen LogP contribution < -0.4 is 20.5 Å². The summed E-state index contributed by atoms with van der Waals surface area (Å²) in [4.78, 5) is 19.7. The SMILES string of the molecule is O=c1[nH]c(CCCCC2CCCC2)cn1-c1ccc(S(=O)(=O)Nc2ccc3c(c2)CCC(CNCC(O)c2cccnc2)O3)cc1. The minimum Gasteiger partial charge on any atom is -0.489 e. The van der Waals surface area contributed by atoms with E-state index in [9.17, 15) is 18.3 Å². The van der Waals surface area contributed by atoms with Crippen LogP contribution in [0.3, 0.4) is 0 Å². The highest BCUT2D eigenvalue weighted by atomic mass is 32.2. The quantitative estimate of drug-likeness (QED) is 0.137. The number of aliphatic hydroxyl groups is 1. The van der Waals surface area contributed by atoms with Crippen LogP contribution >= 0.6 is 0 Å². The predicted octanol–water partition coefficient (Wildman–Crippen LogP) is 5.28. The second kappa shape index (κ2) is 14.7.